The molecule has 1 unspecified atom stereocenters. The van der Waals surface area contributed by atoms with Crippen molar-refractivity contribution in [2.75, 3.05) is 0 Å². The van der Waals surface area contributed by atoms with Crippen molar-refractivity contribution in [2.24, 2.45) is 0 Å². The molecule has 0 amide bonds. The summed E-state index contributed by atoms with van der Waals surface area (Å²) in [5, 5.41) is 9.55. The number of hydrogen-bond donors (Lipinski definition) is 0. The molecule has 0 radical (unpaired) electrons. The first-order valence-corrected chi connectivity index (χ1v) is 6.80. The van der Waals surface area contributed by atoms with E-state index in [0.717, 1.165) is 16.4 Å². The summed E-state index contributed by atoms with van der Waals surface area (Å²) in [7, 11) is 0. The van der Waals surface area contributed by atoms with E-state index in [1.807, 2.05) is 11.8 Å². The Labute approximate surface area is 101 Å². The van der Waals surface area contributed by atoms with Crippen LogP contribution in [0.4, 0.5) is 0 Å². The van der Waals surface area contributed by atoms with Crippen LogP contribution in [0.1, 0.15) is 23.7 Å². The maximum atomic E-state index is 8.94. The number of pyridine rings is 1. The minimum atomic E-state index is 0.605. The van der Waals surface area contributed by atoms with Crippen molar-refractivity contribution in [1.82, 2.24) is 4.98 Å². The van der Waals surface area contributed by atoms with Crippen LogP contribution in [0.5, 0.6) is 0 Å². The number of alkyl halides is 1. The zero-order chi connectivity index (χ0) is 10.1. The molecule has 1 aromatic heterocycles. The van der Waals surface area contributed by atoms with E-state index in [1.165, 1.54) is 16.2 Å². The minimum Gasteiger partial charge on any atom is -0.259 e. The third kappa shape index (κ3) is 1.63. The molecule has 2 rings (SSSR count). The van der Waals surface area contributed by atoms with Crippen LogP contribution >= 0.6 is 34.4 Å². The highest BCUT2D eigenvalue weighted by atomic mass is 127. The van der Waals surface area contributed by atoms with Gasteiger partial charge in [0.2, 0.25) is 0 Å². The van der Waals surface area contributed by atoms with Crippen LogP contribution in [0.3, 0.4) is 0 Å². The van der Waals surface area contributed by atoms with Crippen LogP contribution in [0.25, 0.3) is 0 Å². The van der Waals surface area contributed by atoms with Gasteiger partial charge in [-0.3, -0.25) is 4.98 Å². The van der Waals surface area contributed by atoms with Gasteiger partial charge in [0.15, 0.2) is 0 Å². The molecule has 14 heavy (non-hydrogen) atoms. The Balaban J connectivity index is 2.56. The molecule has 0 aliphatic carbocycles. The van der Waals surface area contributed by atoms with Gasteiger partial charge in [-0.2, -0.15) is 5.26 Å². The van der Waals surface area contributed by atoms with Gasteiger partial charge in [-0.05, 0) is 5.56 Å². The fourth-order valence-corrected chi connectivity index (χ4v) is 3.90. The molecular formula is C10H9IN2S. The van der Waals surface area contributed by atoms with Crippen LogP contribution in [-0.4, -0.2) is 10.2 Å². The predicted octanol–water partition coefficient (Wildman–Crippen LogP) is 2.92. The van der Waals surface area contributed by atoms with E-state index in [4.69, 9.17) is 5.26 Å². The average molecular weight is 316 g/mol. The maximum Gasteiger partial charge on any atom is 0.101 e. The molecule has 1 aliphatic heterocycles. The van der Waals surface area contributed by atoms with Gasteiger partial charge in [-0.15, -0.1) is 11.8 Å². The van der Waals surface area contributed by atoms with Gasteiger partial charge in [0.05, 0.1) is 11.3 Å². The molecule has 0 fully saturated rings. The highest BCUT2D eigenvalue weighted by molar-refractivity contribution is 14.1. The van der Waals surface area contributed by atoms with Crippen molar-refractivity contribution >= 4 is 34.4 Å². The number of nitriles is 1. The molecule has 0 bridgehead atoms. The van der Waals surface area contributed by atoms with Gasteiger partial charge in [0, 0.05) is 27.2 Å². The lowest BCUT2D eigenvalue weighted by atomic mass is 10.1. The predicted molar refractivity (Wildman–Crippen MR) is 65.7 cm³/mol. The van der Waals surface area contributed by atoms with Crippen molar-refractivity contribution in [3.05, 3.63) is 23.0 Å². The largest absolute Gasteiger partial charge is 0.259 e. The number of hydrogen-bond acceptors (Lipinski definition) is 3. The number of aromatic nitrogens is 1. The van der Waals surface area contributed by atoms with E-state index in [0.29, 0.717) is 5.25 Å². The molecule has 2 nitrogen and oxygen atoms in total. The second-order valence-electron chi connectivity index (χ2n) is 3.30. The van der Waals surface area contributed by atoms with Crippen molar-refractivity contribution < 1.29 is 0 Å². The second kappa shape index (κ2) is 4.07. The summed E-state index contributed by atoms with van der Waals surface area (Å²) >= 11 is 4.16. The first-order chi connectivity index (χ1) is 6.76. The normalized spacial score (nSPS) is 19.1. The number of nitrogens with zero attached hydrogens (tertiary/aromatic N) is 2. The van der Waals surface area contributed by atoms with Gasteiger partial charge >= 0.3 is 0 Å². The smallest absolute Gasteiger partial charge is 0.101 e. The Bertz CT molecular complexity index is 411. The number of halogens is 1. The first-order valence-electron chi connectivity index (χ1n) is 4.39. The Morgan fingerprint density at radius 3 is 3.21 bits per heavy atom. The quantitative estimate of drug-likeness (QED) is 0.590. The Morgan fingerprint density at radius 1 is 1.79 bits per heavy atom. The van der Waals surface area contributed by atoms with Crippen molar-refractivity contribution in [2.45, 2.75) is 27.9 Å². The Morgan fingerprint density at radius 2 is 2.57 bits per heavy atom. The average Bonchev–Trinajstić information content (AvgIpc) is 2.56. The van der Waals surface area contributed by atoms with Gasteiger partial charge in [0.1, 0.15) is 6.07 Å². The summed E-state index contributed by atoms with van der Waals surface area (Å²) in [6, 6.07) is 2.21. The molecule has 72 valence electrons. The van der Waals surface area contributed by atoms with Crippen molar-refractivity contribution in [3.63, 3.8) is 0 Å². The van der Waals surface area contributed by atoms with Gasteiger partial charge in [0.25, 0.3) is 0 Å². The zero-order valence-electron chi connectivity index (χ0n) is 7.75. The molecule has 0 aromatic carbocycles. The van der Waals surface area contributed by atoms with Gasteiger partial charge < -0.3 is 0 Å². The van der Waals surface area contributed by atoms with E-state index >= 15 is 0 Å². The molecule has 1 atom stereocenters. The summed E-state index contributed by atoms with van der Waals surface area (Å²) in [6.45, 7) is 2.20. The fraction of sp³-hybridized carbons (Fsp3) is 0.400. The second-order valence-corrected chi connectivity index (χ2v) is 5.52. The lowest BCUT2D eigenvalue weighted by Gasteiger charge is -2.05. The zero-order valence-corrected chi connectivity index (χ0v) is 10.7. The number of rotatable bonds is 1. The monoisotopic (exact) mass is 316 g/mol. The molecule has 0 saturated carbocycles. The highest BCUT2D eigenvalue weighted by Crippen LogP contribution is 2.39. The standard InChI is InChI=1S/C10H9IN2S/c1-6-2-9-10(14-6)8(3-11)7(4-12)5-13-9/h5-6H,2-3H2,1H3. The molecule has 0 saturated heterocycles. The molecule has 1 aliphatic rings. The summed E-state index contributed by atoms with van der Waals surface area (Å²) in [5.41, 5.74) is 3.08. The molecule has 2 heterocycles. The topological polar surface area (TPSA) is 36.7 Å². The van der Waals surface area contributed by atoms with Crippen LogP contribution in [0, 0.1) is 11.3 Å². The van der Waals surface area contributed by atoms with Crippen LogP contribution in [0.2, 0.25) is 0 Å². The van der Waals surface area contributed by atoms with E-state index in [2.05, 4.69) is 40.6 Å². The summed E-state index contributed by atoms with van der Waals surface area (Å²) in [4.78, 5) is 5.60. The van der Waals surface area contributed by atoms with E-state index in [1.54, 1.807) is 6.20 Å². The molecule has 4 heteroatoms. The SMILES string of the molecule is CC1Cc2ncc(C#N)c(CI)c2S1. The van der Waals surface area contributed by atoms with Crippen LogP contribution < -0.4 is 0 Å². The molecule has 0 spiro atoms. The summed E-state index contributed by atoms with van der Waals surface area (Å²) in [5.74, 6) is 0. The van der Waals surface area contributed by atoms with E-state index in [-0.39, 0.29) is 0 Å². The van der Waals surface area contributed by atoms with Crippen molar-refractivity contribution in [3.8, 4) is 6.07 Å². The third-order valence-electron chi connectivity index (χ3n) is 2.26. The van der Waals surface area contributed by atoms with Gasteiger partial charge in [-0.25, -0.2) is 0 Å². The molecule has 1 aromatic rings. The summed E-state index contributed by atoms with van der Waals surface area (Å²) < 4.78 is 0.894. The molecular weight excluding hydrogens is 307 g/mol. The number of fused-ring (bicyclic) bond motifs is 1. The third-order valence-corrected chi connectivity index (χ3v) is 4.31. The highest BCUT2D eigenvalue weighted by Gasteiger charge is 2.24. The fourth-order valence-electron chi connectivity index (χ4n) is 1.60. The Hall–Kier alpha value is -0.280. The van der Waals surface area contributed by atoms with E-state index in [9.17, 15) is 0 Å². The van der Waals surface area contributed by atoms with E-state index < -0.39 is 0 Å². The van der Waals surface area contributed by atoms with Gasteiger partial charge in [-0.1, -0.05) is 29.5 Å². The summed E-state index contributed by atoms with van der Waals surface area (Å²) in [6.07, 6.45) is 2.75. The number of thioether (sulfide) groups is 1. The van der Waals surface area contributed by atoms with Crippen LogP contribution in [-0.2, 0) is 10.8 Å². The lowest BCUT2D eigenvalue weighted by Crippen LogP contribution is -1.96. The van der Waals surface area contributed by atoms with Crippen LogP contribution in [0.15, 0.2) is 11.1 Å². The molecule has 0 N–H and O–H groups in total. The lowest BCUT2D eigenvalue weighted by molar-refractivity contribution is 0.903. The van der Waals surface area contributed by atoms with Crippen molar-refractivity contribution in [1.29, 1.82) is 5.26 Å². The minimum absolute atomic E-state index is 0.605. The Kier molecular flexibility index (Phi) is 2.98. The first kappa shape index (κ1) is 10.2. The maximum absolute atomic E-state index is 8.94.